The number of nitrogens with zero attached hydrogens (tertiary/aromatic N) is 1. The Bertz CT molecular complexity index is 474. The van der Waals surface area contributed by atoms with Crippen LogP contribution in [-0.4, -0.2) is 23.7 Å². The van der Waals surface area contributed by atoms with Gasteiger partial charge in [-0.1, -0.05) is 6.07 Å². The molecule has 2 aliphatic heterocycles. The number of anilines is 1. The predicted molar refractivity (Wildman–Crippen MR) is 61.6 cm³/mol. The van der Waals surface area contributed by atoms with E-state index >= 15 is 0 Å². The van der Waals surface area contributed by atoms with Gasteiger partial charge in [0.1, 0.15) is 5.82 Å². The highest BCUT2D eigenvalue weighted by Gasteiger charge is 2.39. The topological polar surface area (TPSA) is 40.5 Å². The van der Waals surface area contributed by atoms with E-state index in [2.05, 4.69) is 4.90 Å². The van der Waals surface area contributed by atoms with E-state index in [0.29, 0.717) is 13.0 Å². The van der Waals surface area contributed by atoms with Gasteiger partial charge < -0.3 is 10.0 Å². The summed E-state index contributed by atoms with van der Waals surface area (Å²) in [4.78, 5) is 13.1. The number of carboxylic acid groups (broad SMARTS) is 1. The maximum absolute atomic E-state index is 13.6. The Morgan fingerprint density at radius 1 is 1.47 bits per heavy atom. The quantitative estimate of drug-likeness (QED) is 0.810. The first-order valence-electron chi connectivity index (χ1n) is 5.93. The average molecular weight is 235 g/mol. The monoisotopic (exact) mass is 235 g/mol. The van der Waals surface area contributed by atoms with Crippen LogP contribution in [0.3, 0.4) is 0 Å². The molecule has 2 unspecified atom stereocenters. The van der Waals surface area contributed by atoms with Crippen LogP contribution in [0, 0.1) is 11.7 Å². The van der Waals surface area contributed by atoms with Gasteiger partial charge >= 0.3 is 5.97 Å². The molecule has 1 aromatic rings. The number of fused-ring (bicyclic) bond motifs is 3. The summed E-state index contributed by atoms with van der Waals surface area (Å²) in [6, 6.07) is 5.34. The molecule has 3 rings (SSSR count). The Kier molecular flexibility index (Phi) is 2.31. The van der Waals surface area contributed by atoms with Gasteiger partial charge in [-0.05, 0) is 31.4 Å². The highest BCUT2D eigenvalue weighted by molar-refractivity contribution is 5.73. The van der Waals surface area contributed by atoms with Gasteiger partial charge in [-0.25, -0.2) is 4.39 Å². The molecule has 1 N–H and O–H groups in total. The summed E-state index contributed by atoms with van der Waals surface area (Å²) in [6.45, 7) is 0.510. The molecule has 2 aliphatic rings. The molecule has 2 heterocycles. The highest BCUT2D eigenvalue weighted by Crippen LogP contribution is 2.39. The molecule has 0 bridgehead atoms. The second-order valence-corrected chi connectivity index (χ2v) is 4.85. The van der Waals surface area contributed by atoms with Crippen molar-refractivity contribution in [3.8, 4) is 0 Å². The van der Waals surface area contributed by atoms with Crippen molar-refractivity contribution < 1.29 is 14.3 Å². The van der Waals surface area contributed by atoms with Crippen molar-refractivity contribution in [3.63, 3.8) is 0 Å². The summed E-state index contributed by atoms with van der Waals surface area (Å²) in [5, 5.41) is 9.06. The zero-order chi connectivity index (χ0) is 12.0. The molecule has 1 saturated heterocycles. The fraction of sp³-hybridized carbons (Fsp3) is 0.462. The number of halogens is 1. The lowest BCUT2D eigenvalue weighted by molar-refractivity contribution is -0.141. The van der Waals surface area contributed by atoms with Gasteiger partial charge in [-0.2, -0.15) is 0 Å². The highest BCUT2D eigenvalue weighted by atomic mass is 19.1. The summed E-state index contributed by atoms with van der Waals surface area (Å²) >= 11 is 0. The van der Waals surface area contributed by atoms with Crippen LogP contribution in [0.4, 0.5) is 10.1 Å². The van der Waals surface area contributed by atoms with Crippen molar-refractivity contribution in [2.45, 2.75) is 25.3 Å². The van der Waals surface area contributed by atoms with E-state index in [-0.39, 0.29) is 17.8 Å². The number of carboxylic acids is 1. The van der Waals surface area contributed by atoms with E-state index in [0.717, 1.165) is 24.1 Å². The van der Waals surface area contributed by atoms with E-state index in [9.17, 15) is 9.18 Å². The number of hydrogen-bond donors (Lipinski definition) is 1. The summed E-state index contributed by atoms with van der Waals surface area (Å²) in [7, 11) is 0. The van der Waals surface area contributed by atoms with Crippen molar-refractivity contribution in [1.82, 2.24) is 0 Å². The zero-order valence-corrected chi connectivity index (χ0v) is 9.40. The van der Waals surface area contributed by atoms with Crippen LogP contribution < -0.4 is 4.90 Å². The van der Waals surface area contributed by atoms with Crippen LogP contribution in [0.1, 0.15) is 18.4 Å². The van der Waals surface area contributed by atoms with Gasteiger partial charge in [0, 0.05) is 23.8 Å². The molecule has 0 amide bonds. The number of aliphatic carboxylic acids is 1. The van der Waals surface area contributed by atoms with Crippen LogP contribution in [-0.2, 0) is 11.2 Å². The van der Waals surface area contributed by atoms with Gasteiger partial charge in [-0.15, -0.1) is 0 Å². The lowest BCUT2D eigenvalue weighted by Crippen LogP contribution is -2.34. The van der Waals surface area contributed by atoms with Crippen molar-refractivity contribution in [1.29, 1.82) is 0 Å². The van der Waals surface area contributed by atoms with Crippen LogP contribution in [0.15, 0.2) is 18.2 Å². The molecule has 1 fully saturated rings. The molecular formula is C13H14FNO2. The fourth-order valence-electron chi connectivity index (χ4n) is 3.04. The molecule has 1 aromatic carbocycles. The number of benzene rings is 1. The molecule has 2 atom stereocenters. The molecule has 0 spiro atoms. The van der Waals surface area contributed by atoms with Gasteiger partial charge in [0.05, 0.1) is 5.92 Å². The van der Waals surface area contributed by atoms with Crippen LogP contribution >= 0.6 is 0 Å². The summed E-state index contributed by atoms with van der Waals surface area (Å²) in [6.07, 6.45) is 2.26. The number of hydrogen-bond acceptors (Lipinski definition) is 2. The van der Waals surface area contributed by atoms with Crippen LogP contribution in [0.25, 0.3) is 0 Å². The second kappa shape index (κ2) is 3.72. The van der Waals surface area contributed by atoms with Gasteiger partial charge in [0.25, 0.3) is 0 Å². The van der Waals surface area contributed by atoms with E-state index in [4.69, 9.17) is 5.11 Å². The molecule has 4 heteroatoms. The molecule has 90 valence electrons. The first-order valence-corrected chi connectivity index (χ1v) is 5.93. The summed E-state index contributed by atoms with van der Waals surface area (Å²) in [5.74, 6) is -1.22. The maximum atomic E-state index is 13.6. The van der Waals surface area contributed by atoms with Gasteiger partial charge in [-0.3, -0.25) is 4.79 Å². The molecule has 17 heavy (non-hydrogen) atoms. The van der Waals surface area contributed by atoms with Crippen LogP contribution in [0.2, 0.25) is 0 Å². The second-order valence-electron chi connectivity index (χ2n) is 4.85. The minimum Gasteiger partial charge on any atom is -0.481 e. The lowest BCUT2D eigenvalue weighted by atomic mass is 9.95. The third-order valence-corrected chi connectivity index (χ3v) is 3.89. The third-order valence-electron chi connectivity index (χ3n) is 3.89. The normalized spacial score (nSPS) is 26.5. The van der Waals surface area contributed by atoms with Crippen molar-refractivity contribution in [2.24, 2.45) is 5.92 Å². The molecule has 3 nitrogen and oxygen atoms in total. The van der Waals surface area contributed by atoms with Crippen LogP contribution in [0.5, 0.6) is 0 Å². The number of rotatable bonds is 1. The Labute approximate surface area is 98.9 Å². The Balaban J connectivity index is 1.97. The minimum atomic E-state index is -0.739. The Morgan fingerprint density at radius 3 is 3.06 bits per heavy atom. The third kappa shape index (κ3) is 1.59. The first-order chi connectivity index (χ1) is 8.16. The molecule has 0 aliphatic carbocycles. The summed E-state index contributed by atoms with van der Waals surface area (Å²) < 4.78 is 13.6. The summed E-state index contributed by atoms with van der Waals surface area (Å²) in [5.41, 5.74) is 1.64. The Hall–Kier alpha value is -1.58. The SMILES string of the molecule is O=C(O)C1CC2CCc3c(F)cccc3N2C1. The van der Waals surface area contributed by atoms with Crippen molar-refractivity contribution in [3.05, 3.63) is 29.6 Å². The van der Waals surface area contributed by atoms with E-state index < -0.39 is 5.97 Å². The molecule has 0 radical (unpaired) electrons. The maximum Gasteiger partial charge on any atom is 0.308 e. The largest absolute Gasteiger partial charge is 0.481 e. The molecule has 0 aromatic heterocycles. The van der Waals surface area contributed by atoms with Crippen molar-refractivity contribution >= 4 is 11.7 Å². The smallest absolute Gasteiger partial charge is 0.308 e. The van der Waals surface area contributed by atoms with E-state index in [1.165, 1.54) is 6.07 Å². The fourth-order valence-corrected chi connectivity index (χ4v) is 3.04. The minimum absolute atomic E-state index is 0.167. The Morgan fingerprint density at radius 2 is 2.29 bits per heavy atom. The van der Waals surface area contributed by atoms with Gasteiger partial charge in [0.2, 0.25) is 0 Å². The lowest BCUT2D eigenvalue weighted by Gasteiger charge is -2.33. The van der Waals surface area contributed by atoms with Gasteiger partial charge in [0.15, 0.2) is 0 Å². The van der Waals surface area contributed by atoms with E-state index in [1.807, 2.05) is 6.07 Å². The molecular weight excluding hydrogens is 221 g/mol. The predicted octanol–water partition coefficient (Wildman–Crippen LogP) is 2.05. The average Bonchev–Trinajstić information content (AvgIpc) is 2.73. The number of carbonyl (C=O) groups is 1. The van der Waals surface area contributed by atoms with Crippen molar-refractivity contribution in [2.75, 3.05) is 11.4 Å². The zero-order valence-electron chi connectivity index (χ0n) is 9.40. The standard InChI is InChI=1S/C13H14FNO2/c14-11-2-1-3-12-10(11)5-4-9-6-8(13(16)17)7-15(9)12/h1-3,8-9H,4-7H2,(H,16,17). The van der Waals surface area contributed by atoms with E-state index in [1.54, 1.807) is 6.07 Å². The molecule has 0 saturated carbocycles. The first kappa shape index (κ1) is 10.6.